The molecule has 0 aliphatic carbocycles. The van der Waals surface area contributed by atoms with E-state index in [0.29, 0.717) is 12.5 Å². The van der Waals surface area contributed by atoms with Crippen molar-refractivity contribution < 1.29 is 9.53 Å². The second kappa shape index (κ2) is 4.78. The molecule has 1 N–H and O–H groups in total. The summed E-state index contributed by atoms with van der Waals surface area (Å²) < 4.78 is 5.03. The van der Waals surface area contributed by atoms with Gasteiger partial charge in [-0.2, -0.15) is 0 Å². The molecule has 1 aromatic carbocycles. The van der Waals surface area contributed by atoms with E-state index in [1.165, 1.54) is 11.1 Å². The third-order valence-corrected chi connectivity index (χ3v) is 3.13. The average Bonchev–Trinajstić information content (AvgIpc) is 2.71. The van der Waals surface area contributed by atoms with Gasteiger partial charge in [0.25, 0.3) is 0 Å². The van der Waals surface area contributed by atoms with Crippen LogP contribution in [0.15, 0.2) is 18.2 Å². The van der Waals surface area contributed by atoms with Crippen molar-refractivity contribution >= 4 is 11.7 Å². The van der Waals surface area contributed by atoms with Gasteiger partial charge >= 0.3 is 5.97 Å². The van der Waals surface area contributed by atoms with Gasteiger partial charge in [0.2, 0.25) is 0 Å². The molecule has 1 heterocycles. The first kappa shape index (κ1) is 12.0. The Kier molecular flexibility index (Phi) is 3.36. The van der Waals surface area contributed by atoms with Gasteiger partial charge in [-0.3, -0.25) is 0 Å². The second-order valence-electron chi connectivity index (χ2n) is 4.72. The van der Waals surface area contributed by atoms with Crippen LogP contribution in [0.1, 0.15) is 37.8 Å². The van der Waals surface area contributed by atoms with Crippen molar-refractivity contribution in [1.82, 2.24) is 0 Å². The quantitative estimate of drug-likeness (QED) is 0.816. The number of benzene rings is 1. The van der Waals surface area contributed by atoms with E-state index >= 15 is 0 Å². The summed E-state index contributed by atoms with van der Waals surface area (Å²) in [5.41, 5.74) is 3.57. The maximum Gasteiger partial charge on any atom is 0.328 e. The maximum atomic E-state index is 11.6. The van der Waals surface area contributed by atoms with Gasteiger partial charge in [0.1, 0.15) is 6.04 Å². The molecule has 3 heteroatoms. The summed E-state index contributed by atoms with van der Waals surface area (Å²) in [5.74, 6) is 0.346. The zero-order chi connectivity index (χ0) is 12.4. The molecule has 1 atom stereocenters. The highest BCUT2D eigenvalue weighted by Crippen LogP contribution is 2.29. The van der Waals surface area contributed by atoms with Crippen molar-refractivity contribution in [1.29, 1.82) is 0 Å². The summed E-state index contributed by atoms with van der Waals surface area (Å²) in [4.78, 5) is 11.6. The van der Waals surface area contributed by atoms with E-state index < -0.39 is 0 Å². The smallest absolute Gasteiger partial charge is 0.328 e. The highest BCUT2D eigenvalue weighted by atomic mass is 16.5. The van der Waals surface area contributed by atoms with E-state index in [1.807, 2.05) is 6.92 Å². The van der Waals surface area contributed by atoms with Crippen molar-refractivity contribution in [3.63, 3.8) is 0 Å². The molecule has 0 unspecified atom stereocenters. The van der Waals surface area contributed by atoms with Crippen molar-refractivity contribution in [3.8, 4) is 0 Å². The molecule has 3 nitrogen and oxygen atoms in total. The SMILES string of the molecule is CCOC(=O)[C@H]1Cc2ccc(C(C)C)cc2N1. The first-order valence-electron chi connectivity index (χ1n) is 6.17. The fourth-order valence-corrected chi connectivity index (χ4v) is 2.11. The molecule has 92 valence electrons. The van der Waals surface area contributed by atoms with Crippen LogP contribution in [0.3, 0.4) is 0 Å². The van der Waals surface area contributed by atoms with Crippen molar-refractivity contribution in [2.45, 2.75) is 39.2 Å². The van der Waals surface area contributed by atoms with Crippen molar-refractivity contribution in [3.05, 3.63) is 29.3 Å². The number of nitrogens with one attached hydrogen (secondary N) is 1. The fourth-order valence-electron chi connectivity index (χ4n) is 2.11. The summed E-state index contributed by atoms with van der Waals surface area (Å²) in [5, 5.41) is 3.24. The van der Waals surface area contributed by atoms with E-state index in [9.17, 15) is 4.79 Å². The molecule has 0 bridgehead atoms. The Morgan fingerprint density at radius 1 is 1.53 bits per heavy atom. The molecule has 1 aromatic rings. The number of ether oxygens (including phenoxy) is 1. The van der Waals surface area contributed by atoms with Crippen LogP contribution in [0.5, 0.6) is 0 Å². The highest BCUT2D eigenvalue weighted by molar-refractivity contribution is 5.83. The van der Waals surface area contributed by atoms with Gasteiger partial charge in [0, 0.05) is 12.1 Å². The van der Waals surface area contributed by atoms with E-state index in [2.05, 4.69) is 37.4 Å². The third-order valence-electron chi connectivity index (χ3n) is 3.13. The molecule has 2 rings (SSSR count). The molecule has 0 spiro atoms. The summed E-state index contributed by atoms with van der Waals surface area (Å²) in [6, 6.07) is 6.17. The Balaban J connectivity index is 2.14. The molecule has 0 saturated heterocycles. The minimum Gasteiger partial charge on any atom is -0.464 e. The van der Waals surface area contributed by atoms with Gasteiger partial charge in [-0.15, -0.1) is 0 Å². The topological polar surface area (TPSA) is 38.3 Å². The van der Waals surface area contributed by atoms with Crippen LogP contribution in [0.4, 0.5) is 5.69 Å². The van der Waals surface area contributed by atoms with Crippen LogP contribution in [0.25, 0.3) is 0 Å². The number of rotatable bonds is 3. The zero-order valence-corrected chi connectivity index (χ0v) is 10.6. The van der Waals surface area contributed by atoms with Crippen LogP contribution in [-0.4, -0.2) is 18.6 Å². The largest absolute Gasteiger partial charge is 0.464 e. The number of carbonyl (C=O) groups is 1. The third kappa shape index (κ3) is 2.43. The fraction of sp³-hybridized carbons (Fsp3) is 0.500. The monoisotopic (exact) mass is 233 g/mol. The Bertz CT molecular complexity index is 426. The van der Waals surface area contributed by atoms with E-state index in [0.717, 1.165) is 12.1 Å². The number of anilines is 1. The number of hydrogen-bond acceptors (Lipinski definition) is 3. The van der Waals surface area contributed by atoms with E-state index in [4.69, 9.17) is 4.74 Å². The minimum absolute atomic E-state index is 0.158. The molecule has 0 amide bonds. The summed E-state index contributed by atoms with van der Waals surface area (Å²) in [6.45, 7) is 6.60. The normalized spacial score (nSPS) is 17.8. The Morgan fingerprint density at radius 3 is 2.94 bits per heavy atom. The molecule has 0 saturated carbocycles. The number of hydrogen-bond donors (Lipinski definition) is 1. The van der Waals surface area contributed by atoms with E-state index in [1.54, 1.807) is 0 Å². The maximum absolute atomic E-state index is 11.6. The Labute approximate surface area is 102 Å². The van der Waals surface area contributed by atoms with Gasteiger partial charge in [-0.05, 0) is 30.0 Å². The molecule has 1 aliphatic rings. The first-order valence-corrected chi connectivity index (χ1v) is 6.17. The lowest BCUT2D eigenvalue weighted by Crippen LogP contribution is -2.28. The Hall–Kier alpha value is -1.51. The van der Waals surface area contributed by atoms with Crippen LogP contribution in [0.2, 0.25) is 0 Å². The van der Waals surface area contributed by atoms with Crippen LogP contribution in [-0.2, 0) is 16.0 Å². The van der Waals surface area contributed by atoms with Crippen LogP contribution < -0.4 is 5.32 Å². The summed E-state index contributed by atoms with van der Waals surface area (Å²) in [6.07, 6.45) is 0.729. The van der Waals surface area contributed by atoms with Gasteiger partial charge in [0.05, 0.1) is 6.61 Å². The molecule has 0 radical (unpaired) electrons. The first-order chi connectivity index (χ1) is 8.11. The van der Waals surface area contributed by atoms with E-state index in [-0.39, 0.29) is 12.0 Å². The van der Waals surface area contributed by atoms with Gasteiger partial charge in [-0.1, -0.05) is 26.0 Å². The lowest BCUT2D eigenvalue weighted by molar-refractivity contribution is -0.143. The molecule has 0 aromatic heterocycles. The molecular weight excluding hydrogens is 214 g/mol. The highest BCUT2D eigenvalue weighted by Gasteiger charge is 2.27. The lowest BCUT2D eigenvalue weighted by Gasteiger charge is -2.10. The standard InChI is InChI=1S/C14H19NO2/c1-4-17-14(16)13-8-11-6-5-10(9(2)3)7-12(11)15-13/h5-7,9,13,15H,4,8H2,1-3H3/t13-/m1/s1. The number of fused-ring (bicyclic) bond motifs is 1. The lowest BCUT2D eigenvalue weighted by atomic mass is 10.00. The zero-order valence-electron chi connectivity index (χ0n) is 10.6. The predicted octanol–water partition coefficient (Wildman–Crippen LogP) is 2.71. The predicted molar refractivity (Wildman–Crippen MR) is 68.3 cm³/mol. The van der Waals surface area contributed by atoms with Crippen molar-refractivity contribution in [2.24, 2.45) is 0 Å². The average molecular weight is 233 g/mol. The van der Waals surface area contributed by atoms with Crippen LogP contribution >= 0.6 is 0 Å². The molecule has 17 heavy (non-hydrogen) atoms. The molecule has 0 fully saturated rings. The molecular formula is C14H19NO2. The number of carbonyl (C=O) groups excluding carboxylic acids is 1. The summed E-state index contributed by atoms with van der Waals surface area (Å²) >= 11 is 0. The van der Waals surface area contributed by atoms with Crippen LogP contribution in [0, 0.1) is 0 Å². The van der Waals surface area contributed by atoms with Gasteiger partial charge in [-0.25, -0.2) is 4.79 Å². The van der Waals surface area contributed by atoms with Gasteiger partial charge < -0.3 is 10.1 Å². The molecule has 1 aliphatic heterocycles. The number of esters is 1. The van der Waals surface area contributed by atoms with Gasteiger partial charge in [0.15, 0.2) is 0 Å². The van der Waals surface area contributed by atoms with Crippen molar-refractivity contribution in [2.75, 3.05) is 11.9 Å². The summed E-state index contributed by atoms with van der Waals surface area (Å²) in [7, 11) is 0. The second-order valence-corrected chi connectivity index (χ2v) is 4.72. The minimum atomic E-state index is -0.215. The Morgan fingerprint density at radius 2 is 2.29 bits per heavy atom.